The first-order chi connectivity index (χ1) is 16.1. The van der Waals surface area contributed by atoms with Crippen LogP contribution in [0, 0.1) is 0 Å². The number of nitrogens with one attached hydrogen (secondary N) is 1. The second kappa shape index (κ2) is 9.12. The number of amides is 4. The van der Waals surface area contributed by atoms with E-state index in [4.69, 9.17) is 0 Å². The summed E-state index contributed by atoms with van der Waals surface area (Å²) in [6, 6.07) is 10.4. The normalized spacial score (nSPS) is 19.6. The van der Waals surface area contributed by atoms with Crippen molar-refractivity contribution in [2.75, 3.05) is 18.0 Å². The number of rotatable bonds is 5. The average molecular weight is 465 g/mol. The number of anilines is 1. The van der Waals surface area contributed by atoms with Crippen molar-refractivity contribution in [3.8, 4) is 0 Å². The van der Waals surface area contributed by atoms with Gasteiger partial charge in [0.25, 0.3) is 5.91 Å². The molecular formula is C24H28N6O4. The Morgan fingerprint density at radius 2 is 1.97 bits per heavy atom. The number of nitrogens with zero attached hydrogens (tertiary/aromatic N) is 5. The average Bonchev–Trinajstić information content (AvgIpc) is 3.34. The van der Waals surface area contributed by atoms with E-state index in [1.165, 1.54) is 9.80 Å². The Kier molecular flexibility index (Phi) is 6.23. The molecule has 0 spiro atoms. The molecule has 0 radical (unpaired) electrons. The molecule has 2 fully saturated rings. The van der Waals surface area contributed by atoms with Gasteiger partial charge >= 0.3 is 12.1 Å². The second-order valence-corrected chi connectivity index (χ2v) is 9.35. The number of carbonyl (C=O) groups excluding carboxylic acids is 2. The minimum Gasteiger partial charge on any atom is -0.465 e. The van der Waals surface area contributed by atoms with E-state index in [1.807, 2.05) is 56.0 Å². The van der Waals surface area contributed by atoms with Gasteiger partial charge in [0, 0.05) is 24.8 Å². The van der Waals surface area contributed by atoms with Gasteiger partial charge in [-0.1, -0.05) is 30.3 Å². The highest BCUT2D eigenvalue weighted by molar-refractivity contribution is 6.13. The highest BCUT2D eigenvalue weighted by Gasteiger charge is 2.38. The van der Waals surface area contributed by atoms with Gasteiger partial charge in [0.1, 0.15) is 5.70 Å². The first kappa shape index (κ1) is 23.2. The van der Waals surface area contributed by atoms with Crippen LogP contribution in [0.15, 0.2) is 48.3 Å². The second-order valence-electron chi connectivity index (χ2n) is 9.35. The van der Waals surface area contributed by atoms with E-state index in [9.17, 15) is 19.5 Å². The molecule has 10 heteroatoms. The molecule has 3 heterocycles. The number of urea groups is 1. The van der Waals surface area contributed by atoms with Crippen LogP contribution in [0.2, 0.25) is 0 Å². The molecule has 0 bridgehead atoms. The summed E-state index contributed by atoms with van der Waals surface area (Å²) in [5, 5.41) is 12.0. The van der Waals surface area contributed by atoms with Gasteiger partial charge in [-0.05, 0) is 44.9 Å². The van der Waals surface area contributed by atoms with Crippen LogP contribution >= 0.6 is 0 Å². The van der Waals surface area contributed by atoms with E-state index in [1.54, 1.807) is 18.3 Å². The van der Waals surface area contributed by atoms with Crippen LogP contribution in [0.3, 0.4) is 0 Å². The number of carboxylic acid groups (broad SMARTS) is 1. The zero-order valence-corrected chi connectivity index (χ0v) is 19.4. The van der Waals surface area contributed by atoms with Crippen LogP contribution in [0.4, 0.5) is 15.5 Å². The van der Waals surface area contributed by atoms with Crippen LogP contribution in [-0.4, -0.2) is 67.6 Å². The molecule has 10 nitrogen and oxygen atoms in total. The lowest BCUT2D eigenvalue weighted by atomic mass is 10.0. The number of imide groups is 1. The summed E-state index contributed by atoms with van der Waals surface area (Å²) in [6.07, 6.45) is 2.88. The molecule has 2 N–H and O–H groups in total. The number of hydrogen-bond donors (Lipinski definition) is 2. The van der Waals surface area contributed by atoms with Crippen LogP contribution in [0.1, 0.15) is 38.4 Å². The third kappa shape index (κ3) is 4.85. The van der Waals surface area contributed by atoms with E-state index in [2.05, 4.69) is 15.3 Å². The van der Waals surface area contributed by atoms with Gasteiger partial charge in [0.05, 0.1) is 18.3 Å². The lowest BCUT2D eigenvalue weighted by molar-refractivity contribution is -0.116. The van der Waals surface area contributed by atoms with Crippen molar-refractivity contribution in [3.63, 3.8) is 0 Å². The van der Waals surface area contributed by atoms with Crippen molar-refractivity contribution < 1.29 is 19.5 Å². The monoisotopic (exact) mass is 464 g/mol. The molecule has 1 unspecified atom stereocenters. The summed E-state index contributed by atoms with van der Waals surface area (Å²) >= 11 is 0. The lowest BCUT2D eigenvalue weighted by Gasteiger charge is -2.37. The number of hydrogen-bond acceptors (Lipinski definition) is 6. The van der Waals surface area contributed by atoms with Crippen molar-refractivity contribution in [3.05, 3.63) is 59.5 Å². The molecule has 2 aliphatic rings. The molecule has 0 aliphatic carbocycles. The molecule has 1 atom stereocenters. The zero-order valence-electron chi connectivity index (χ0n) is 19.4. The maximum atomic E-state index is 12.4. The lowest BCUT2D eigenvalue weighted by Crippen LogP contribution is -2.52. The highest BCUT2D eigenvalue weighted by atomic mass is 16.4. The van der Waals surface area contributed by atoms with Gasteiger partial charge in [-0.3, -0.25) is 19.9 Å². The van der Waals surface area contributed by atoms with E-state index in [-0.39, 0.29) is 18.3 Å². The van der Waals surface area contributed by atoms with Crippen LogP contribution < -0.4 is 10.2 Å². The van der Waals surface area contributed by atoms with Gasteiger partial charge in [0.2, 0.25) is 5.95 Å². The topological polar surface area (TPSA) is 119 Å². The number of benzene rings is 1. The van der Waals surface area contributed by atoms with E-state index in [0.717, 1.165) is 5.56 Å². The van der Waals surface area contributed by atoms with Gasteiger partial charge in [-0.15, -0.1) is 0 Å². The summed E-state index contributed by atoms with van der Waals surface area (Å²) in [4.78, 5) is 50.4. The van der Waals surface area contributed by atoms with Crippen molar-refractivity contribution in [1.82, 2.24) is 25.1 Å². The Balaban J connectivity index is 1.55. The van der Waals surface area contributed by atoms with Crippen molar-refractivity contribution in [1.29, 1.82) is 0 Å². The quantitative estimate of drug-likeness (QED) is 0.516. The summed E-state index contributed by atoms with van der Waals surface area (Å²) in [6.45, 7) is 6.98. The van der Waals surface area contributed by atoms with Gasteiger partial charge in [-0.2, -0.15) is 0 Å². The fourth-order valence-electron chi connectivity index (χ4n) is 4.39. The molecule has 34 heavy (non-hydrogen) atoms. The van der Waals surface area contributed by atoms with E-state index < -0.39 is 23.6 Å². The molecule has 2 aliphatic heterocycles. The predicted octanol–water partition coefficient (Wildman–Crippen LogP) is 2.93. The van der Waals surface area contributed by atoms with Crippen molar-refractivity contribution in [2.45, 2.75) is 45.3 Å². The number of carbonyl (C=O) groups is 3. The Hall–Kier alpha value is -3.95. The molecule has 2 aromatic rings. The minimum atomic E-state index is -0.950. The molecule has 0 saturated carbocycles. The molecular weight excluding hydrogens is 436 g/mol. The largest absolute Gasteiger partial charge is 0.465 e. The smallest absolute Gasteiger partial charge is 0.408 e. The molecule has 4 amide bonds. The predicted molar refractivity (Wildman–Crippen MR) is 126 cm³/mol. The molecule has 2 saturated heterocycles. The standard InChI is InChI=1S/C24H28N6O4/c1-24(2,3)30(23(33)34)18-10-12-28(15-18)21-25-11-9-17(26-21)13-19-20(31)27-22(32)29(19)14-16-7-5-4-6-8-16/h4-9,11,13,18H,10,12,14-15H2,1-3H3,(H,33,34)(H,27,31,32)/b19-13+. The maximum absolute atomic E-state index is 12.4. The Morgan fingerprint density at radius 3 is 2.65 bits per heavy atom. The van der Waals surface area contributed by atoms with Crippen molar-refractivity contribution >= 4 is 30.1 Å². The molecule has 178 valence electrons. The van der Waals surface area contributed by atoms with Gasteiger partial charge in [-0.25, -0.2) is 19.6 Å². The Morgan fingerprint density at radius 1 is 1.24 bits per heavy atom. The fourth-order valence-corrected chi connectivity index (χ4v) is 4.39. The van der Waals surface area contributed by atoms with Gasteiger partial charge < -0.3 is 10.0 Å². The first-order valence-corrected chi connectivity index (χ1v) is 11.1. The van der Waals surface area contributed by atoms with E-state index in [0.29, 0.717) is 31.2 Å². The third-order valence-corrected chi connectivity index (χ3v) is 5.86. The number of aromatic nitrogens is 2. The van der Waals surface area contributed by atoms with Gasteiger partial charge in [0.15, 0.2) is 0 Å². The molecule has 4 rings (SSSR count). The van der Waals surface area contributed by atoms with Crippen LogP contribution in [0.5, 0.6) is 0 Å². The maximum Gasteiger partial charge on any atom is 0.408 e. The Bertz CT molecular complexity index is 1130. The summed E-state index contributed by atoms with van der Waals surface area (Å²) in [5.74, 6) is -0.0277. The summed E-state index contributed by atoms with van der Waals surface area (Å²) in [7, 11) is 0. The molecule has 1 aromatic heterocycles. The highest BCUT2D eigenvalue weighted by Crippen LogP contribution is 2.26. The Labute approximate surface area is 197 Å². The van der Waals surface area contributed by atoms with E-state index >= 15 is 0 Å². The SMILES string of the molecule is CC(C)(C)N(C(=O)O)C1CCN(c2nccc(/C=C3\C(=O)NC(=O)N3Cc3ccccc3)n2)C1. The van der Waals surface area contributed by atoms with Crippen molar-refractivity contribution in [2.24, 2.45) is 0 Å². The van der Waals surface area contributed by atoms with Crippen LogP contribution in [-0.2, 0) is 11.3 Å². The summed E-state index contributed by atoms with van der Waals surface area (Å²) < 4.78 is 0. The third-order valence-electron chi connectivity index (χ3n) is 5.86. The minimum absolute atomic E-state index is 0.178. The van der Waals surface area contributed by atoms with Crippen LogP contribution in [0.25, 0.3) is 6.08 Å². The first-order valence-electron chi connectivity index (χ1n) is 11.1. The molecule has 1 aromatic carbocycles. The fraction of sp³-hybridized carbons (Fsp3) is 0.375. The summed E-state index contributed by atoms with van der Waals surface area (Å²) in [5.41, 5.74) is 1.07. The zero-order chi connectivity index (χ0) is 24.5.